The van der Waals surface area contributed by atoms with Crippen LogP contribution < -0.4 is 5.73 Å². The highest BCUT2D eigenvalue weighted by Crippen LogP contribution is 2.28. The molecule has 1 aromatic rings. The minimum atomic E-state index is -0.293. The number of hydrogen-bond donors (Lipinski definition) is 1. The SMILES string of the molecule is CN(C)CC1CCN(C(CN)c2cc(F)cc(Cl)c2)CC1. The molecule has 1 heterocycles. The van der Waals surface area contributed by atoms with Crippen molar-refractivity contribution in [2.45, 2.75) is 18.9 Å². The maximum Gasteiger partial charge on any atom is 0.125 e. The van der Waals surface area contributed by atoms with E-state index in [9.17, 15) is 4.39 Å². The molecule has 1 fully saturated rings. The molecule has 0 saturated carbocycles. The molecule has 3 nitrogen and oxygen atoms in total. The molecule has 0 aliphatic carbocycles. The van der Waals surface area contributed by atoms with Gasteiger partial charge in [0.2, 0.25) is 0 Å². The summed E-state index contributed by atoms with van der Waals surface area (Å²) in [4.78, 5) is 4.60. The number of piperidine rings is 1. The van der Waals surface area contributed by atoms with Crippen LogP contribution in [0.25, 0.3) is 0 Å². The lowest BCUT2D eigenvalue weighted by atomic mass is 9.94. The number of nitrogens with zero attached hydrogens (tertiary/aromatic N) is 2. The van der Waals surface area contributed by atoms with Gasteiger partial charge in [-0.05, 0) is 69.7 Å². The smallest absolute Gasteiger partial charge is 0.125 e. The highest BCUT2D eigenvalue weighted by molar-refractivity contribution is 6.30. The molecular formula is C16H25ClFN3. The Morgan fingerprint density at radius 2 is 2.00 bits per heavy atom. The molecule has 0 aromatic heterocycles. The van der Waals surface area contributed by atoms with Gasteiger partial charge in [0.15, 0.2) is 0 Å². The van der Waals surface area contributed by atoms with E-state index in [4.69, 9.17) is 17.3 Å². The van der Waals surface area contributed by atoms with E-state index in [2.05, 4.69) is 23.9 Å². The van der Waals surface area contributed by atoms with Crippen molar-refractivity contribution in [3.05, 3.63) is 34.6 Å². The Labute approximate surface area is 131 Å². The first kappa shape index (κ1) is 16.7. The van der Waals surface area contributed by atoms with Gasteiger partial charge in [0.05, 0.1) is 0 Å². The third kappa shape index (κ3) is 4.65. The van der Waals surface area contributed by atoms with E-state index in [-0.39, 0.29) is 11.9 Å². The van der Waals surface area contributed by atoms with E-state index < -0.39 is 0 Å². The van der Waals surface area contributed by atoms with Crippen molar-refractivity contribution in [2.75, 3.05) is 40.3 Å². The Kier molecular flexibility index (Phi) is 5.99. The van der Waals surface area contributed by atoms with Crippen LogP contribution in [0.4, 0.5) is 4.39 Å². The minimum absolute atomic E-state index is 0.0542. The summed E-state index contributed by atoms with van der Waals surface area (Å²) in [6.07, 6.45) is 2.33. The maximum absolute atomic E-state index is 13.5. The second-order valence-corrected chi connectivity index (χ2v) is 6.63. The molecule has 0 amide bonds. The van der Waals surface area contributed by atoms with Crippen molar-refractivity contribution >= 4 is 11.6 Å². The Hall–Kier alpha value is -0.680. The third-order valence-corrected chi connectivity index (χ3v) is 4.42. The molecule has 5 heteroatoms. The molecule has 0 radical (unpaired) electrons. The van der Waals surface area contributed by atoms with Gasteiger partial charge in [-0.15, -0.1) is 0 Å². The predicted octanol–water partition coefficient (Wildman–Crippen LogP) is 2.75. The molecule has 2 N–H and O–H groups in total. The first-order valence-electron chi connectivity index (χ1n) is 7.54. The Morgan fingerprint density at radius 3 is 2.52 bits per heavy atom. The third-order valence-electron chi connectivity index (χ3n) is 4.21. The van der Waals surface area contributed by atoms with E-state index in [1.807, 2.05) is 6.07 Å². The van der Waals surface area contributed by atoms with E-state index in [1.165, 1.54) is 6.07 Å². The molecule has 0 bridgehead atoms. The summed E-state index contributed by atoms with van der Waals surface area (Å²) in [5.74, 6) is 0.448. The zero-order valence-corrected chi connectivity index (χ0v) is 13.6. The van der Waals surface area contributed by atoms with E-state index in [1.54, 1.807) is 6.07 Å². The summed E-state index contributed by atoms with van der Waals surface area (Å²) in [6.45, 7) is 3.63. The normalized spacial score (nSPS) is 19.1. The quantitative estimate of drug-likeness (QED) is 0.907. The summed E-state index contributed by atoms with van der Waals surface area (Å²) < 4.78 is 13.5. The number of likely N-dealkylation sites (tertiary alicyclic amines) is 1. The molecular weight excluding hydrogens is 289 g/mol. The van der Waals surface area contributed by atoms with Gasteiger partial charge in [-0.1, -0.05) is 11.6 Å². The van der Waals surface area contributed by atoms with Crippen LogP contribution in [0.15, 0.2) is 18.2 Å². The molecule has 21 heavy (non-hydrogen) atoms. The molecule has 1 unspecified atom stereocenters. The van der Waals surface area contributed by atoms with Crippen molar-refractivity contribution in [2.24, 2.45) is 11.7 Å². The van der Waals surface area contributed by atoms with Crippen molar-refractivity contribution in [3.63, 3.8) is 0 Å². The largest absolute Gasteiger partial charge is 0.329 e. The molecule has 0 spiro atoms. The lowest BCUT2D eigenvalue weighted by Crippen LogP contribution is -2.41. The highest BCUT2D eigenvalue weighted by Gasteiger charge is 2.26. The fourth-order valence-corrected chi connectivity index (χ4v) is 3.46. The van der Waals surface area contributed by atoms with Gasteiger partial charge in [0, 0.05) is 24.2 Å². The van der Waals surface area contributed by atoms with E-state index >= 15 is 0 Å². The van der Waals surface area contributed by atoms with Gasteiger partial charge in [0.1, 0.15) is 5.82 Å². The topological polar surface area (TPSA) is 32.5 Å². The van der Waals surface area contributed by atoms with Gasteiger partial charge in [0.25, 0.3) is 0 Å². The maximum atomic E-state index is 13.5. The Morgan fingerprint density at radius 1 is 1.33 bits per heavy atom. The van der Waals surface area contributed by atoms with Crippen LogP contribution in [-0.4, -0.2) is 50.1 Å². The number of benzene rings is 1. The average Bonchev–Trinajstić information content (AvgIpc) is 2.40. The Balaban J connectivity index is 2.02. The van der Waals surface area contributed by atoms with Crippen LogP contribution in [0.2, 0.25) is 5.02 Å². The number of hydrogen-bond acceptors (Lipinski definition) is 3. The monoisotopic (exact) mass is 313 g/mol. The molecule has 1 atom stereocenters. The number of rotatable bonds is 5. The van der Waals surface area contributed by atoms with E-state index in [0.29, 0.717) is 11.6 Å². The van der Waals surface area contributed by atoms with Crippen LogP contribution in [0.3, 0.4) is 0 Å². The predicted molar refractivity (Wildman–Crippen MR) is 86.1 cm³/mol. The number of halogens is 2. The summed E-state index contributed by atoms with van der Waals surface area (Å²) in [5, 5.41) is 0.436. The fourth-order valence-electron chi connectivity index (χ4n) is 3.23. The van der Waals surface area contributed by atoms with Crippen molar-refractivity contribution in [3.8, 4) is 0 Å². The van der Waals surface area contributed by atoms with Gasteiger partial charge >= 0.3 is 0 Å². The van der Waals surface area contributed by atoms with Gasteiger partial charge < -0.3 is 10.6 Å². The van der Waals surface area contributed by atoms with Crippen molar-refractivity contribution in [1.29, 1.82) is 0 Å². The van der Waals surface area contributed by atoms with Gasteiger partial charge in [-0.2, -0.15) is 0 Å². The molecule has 1 saturated heterocycles. The van der Waals surface area contributed by atoms with Crippen molar-refractivity contribution in [1.82, 2.24) is 9.80 Å². The average molecular weight is 314 g/mol. The zero-order valence-electron chi connectivity index (χ0n) is 12.9. The summed E-state index contributed by atoms with van der Waals surface area (Å²) in [7, 11) is 4.23. The minimum Gasteiger partial charge on any atom is -0.329 e. The van der Waals surface area contributed by atoms with Crippen LogP contribution in [0, 0.1) is 11.7 Å². The van der Waals surface area contributed by atoms with Gasteiger partial charge in [-0.25, -0.2) is 4.39 Å². The first-order valence-corrected chi connectivity index (χ1v) is 7.92. The van der Waals surface area contributed by atoms with Crippen LogP contribution in [0.5, 0.6) is 0 Å². The summed E-state index contributed by atoms with van der Waals surface area (Å²) in [6, 6.07) is 4.77. The molecule has 118 valence electrons. The second kappa shape index (κ2) is 7.54. The highest BCUT2D eigenvalue weighted by atomic mass is 35.5. The summed E-state index contributed by atoms with van der Waals surface area (Å²) >= 11 is 5.97. The van der Waals surface area contributed by atoms with Crippen LogP contribution in [-0.2, 0) is 0 Å². The molecule has 1 aliphatic rings. The Bertz CT molecular complexity index is 439. The molecule has 2 rings (SSSR count). The molecule has 1 aromatic carbocycles. The lowest BCUT2D eigenvalue weighted by Gasteiger charge is -2.38. The van der Waals surface area contributed by atoms with Crippen molar-refractivity contribution < 1.29 is 4.39 Å². The number of nitrogens with two attached hydrogens (primary N) is 1. The second-order valence-electron chi connectivity index (χ2n) is 6.20. The first-order chi connectivity index (χ1) is 9.99. The zero-order chi connectivity index (χ0) is 15.4. The summed E-state index contributed by atoms with van der Waals surface area (Å²) in [5.41, 5.74) is 6.82. The van der Waals surface area contributed by atoms with E-state index in [0.717, 1.165) is 44.0 Å². The lowest BCUT2D eigenvalue weighted by molar-refractivity contribution is 0.122. The fraction of sp³-hybridized carbons (Fsp3) is 0.625. The molecule has 1 aliphatic heterocycles. The van der Waals surface area contributed by atoms with Gasteiger partial charge in [-0.3, -0.25) is 4.90 Å². The standard InChI is InChI=1S/C16H25ClFN3/c1-20(2)11-12-3-5-21(6-4-12)16(10-19)13-7-14(17)9-15(18)8-13/h7-9,12,16H,3-6,10-11,19H2,1-2H3. The van der Waals surface area contributed by atoms with Crippen LogP contribution >= 0.6 is 11.6 Å². The van der Waals surface area contributed by atoms with Crippen LogP contribution in [0.1, 0.15) is 24.4 Å².